The monoisotopic (exact) mass is 516 g/mol. The average Bonchev–Trinajstić information content (AvgIpc) is 2.88. The van der Waals surface area contributed by atoms with Crippen LogP contribution in [0.5, 0.6) is 5.75 Å². The Morgan fingerprint density at radius 3 is 2.59 bits per heavy atom. The fourth-order valence-electron chi connectivity index (χ4n) is 3.86. The molecule has 37 heavy (non-hydrogen) atoms. The second-order valence-corrected chi connectivity index (χ2v) is 8.55. The molecule has 0 radical (unpaired) electrons. The number of benzene rings is 2. The maximum absolute atomic E-state index is 13.6. The smallest absolute Gasteiger partial charge is 0.325 e. The highest BCUT2D eigenvalue weighted by atomic mass is 35.5. The van der Waals surface area contributed by atoms with Gasteiger partial charge in [0, 0.05) is 40.8 Å². The number of hydrogen-bond donors (Lipinski definition) is 2. The molecule has 184 valence electrons. The number of rotatable bonds is 6. The van der Waals surface area contributed by atoms with Crippen LogP contribution in [0.3, 0.4) is 0 Å². The van der Waals surface area contributed by atoms with Crippen LogP contribution in [-0.4, -0.2) is 19.5 Å². The van der Waals surface area contributed by atoms with Crippen LogP contribution < -0.4 is 21.5 Å². The van der Waals surface area contributed by atoms with Gasteiger partial charge < -0.3 is 9.72 Å². The summed E-state index contributed by atoms with van der Waals surface area (Å²) in [7, 11) is 0. The van der Waals surface area contributed by atoms with Crippen molar-refractivity contribution in [3.05, 3.63) is 133 Å². The lowest BCUT2D eigenvalue weighted by atomic mass is 10.0. The topological polar surface area (TPSA) is 110 Å². The minimum Gasteiger partial charge on any atom is -0.489 e. The normalized spacial score (nSPS) is 10.9. The van der Waals surface area contributed by atoms with Crippen LogP contribution in [0.15, 0.2) is 99.8 Å². The summed E-state index contributed by atoms with van der Waals surface area (Å²) in [6.07, 6.45) is 5.88. The Morgan fingerprint density at radius 1 is 0.973 bits per heavy atom. The van der Waals surface area contributed by atoms with Gasteiger partial charge in [-0.1, -0.05) is 17.7 Å². The summed E-state index contributed by atoms with van der Waals surface area (Å²) in [5.41, 5.74) is 0.769. The van der Waals surface area contributed by atoms with E-state index in [0.29, 0.717) is 33.1 Å². The van der Waals surface area contributed by atoms with Gasteiger partial charge in [0.05, 0.1) is 17.4 Å². The average molecular weight is 517 g/mol. The first kappa shape index (κ1) is 24.0. The first-order valence-electron chi connectivity index (χ1n) is 11.0. The zero-order valence-corrected chi connectivity index (χ0v) is 19.8. The van der Waals surface area contributed by atoms with Gasteiger partial charge in [0.2, 0.25) is 0 Å². The number of nitrogens with one attached hydrogen (secondary N) is 2. The zero-order valence-electron chi connectivity index (χ0n) is 19.1. The van der Waals surface area contributed by atoms with E-state index in [2.05, 4.69) is 15.0 Å². The van der Waals surface area contributed by atoms with Crippen LogP contribution in [0, 0.1) is 5.82 Å². The standard InChI is InChI=1S/C27H18ClFN4O4/c28-19-8-16(15-37-22-5-1-3-20(29)11-22)7-17(9-19)23-10-18(24-13-31-27(36)32-25(24)34)14-33(26(23)35)21-4-2-6-30-12-21/h1-14H,15H2,(H2,31,32,34,36). The molecule has 5 rings (SSSR count). The van der Waals surface area contributed by atoms with Crippen molar-refractivity contribution in [2.24, 2.45) is 0 Å². The van der Waals surface area contributed by atoms with Crippen molar-refractivity contribution in [1.29, 1.82) is 0 Å². The number of ether oxygens (including phenoxy) is 1. The van der Waals surface area contributed by atoms with Gasteiger partial charge in [0.25, 0.3) is 11.1 Å². The SMILES string of the molecule is O=c1[nH]cc(-c2cc(-c3cc(Cl)cc(COc4cccc(F)c4)c3)c(=O)n(-c3cccnc3)c2)c(=O)[nH]1. The third-order valence-electron chi connectivity index (χ3n) is 5.54. The molecule has 0 bridgehead atoms. The van der Waals surface area contributed by atoms with Crippen molar-refractivity contribution in [2.45, 2.75) is 6.61 Å². The van der Waals surface area contributed by atoms with Crippen LogP contribution in [0.1, 0.15) is 5.56 Å². The van der Waals surface area contributed by atoms with Gasteiger partial charge in [-0.3, -0.25) is 24.1 Å². The Balaban J connectivity index is 1.64. The molecule has 0 spiro atoms. The number of aromatic amines is 2. The maximum atomic E-state index is 13.6. The molecule has 0 fully saturated rings. The molecule has 0 saturated heterocycles. The third-order valence-corrected chi connectivity index (χ3v) is 5.76. The van der Waals surface area contributed by atoms with E-state index in [1.807, 2.05) is 0 Å². The molecule has 3 heterocycles. The fraction of sp³-hybridized carbons (Fsp3) is 0.0370. The van der Waals surface area contributed by atoms with Crippen LogP contribution in [0.2, 0.25) is 5.02 Å². The molecule has 0 saturated carbocycles. The van der Waals surface area contributed by atoms with E-state index in [0.717, 1.165) is 0 Å². The molecule has 5 aromatic rings. The molecule has 0 aliphatic heterocycles. The number of H-pyrrole nitrogens is 2. The molecular weight excluding hydrogens is 499 g/mol. The van der Waals surface area contributed by atoms with Crippen LogP contribution >= 0.6 is 11.6 Å². The minimum absolute atomic E-state index is 0.0765. The molecule has 3 aromatic heterocycles. The molecule has 2 aromatic carbocycles. The van der Waals surface area contributed by atoms with E-state index < -0.39 is 17.1 Å². The van der Waals surface area contributed by atoms with Crippen LogP contribution in [-0.2, 0) is 6.61 Å². The van der Waals surface area contributed by atoms with Gasteiger partial charge in [-0.25, -0.2) is 9.18 Å². The molecule has 0 aliphatic rings. The molecule has 10 heteroatoms. The van der Waals surface area contributed by atoms with Crippen LogP contribution in [0.25, 0.3) is 27.9 Å². The van der Waals surface area contributed by atoms with Crippen molar-refractivity contribution in [3.8, 4) is 33.7 Å². The highest BCUT2D eigenvalue weighted by Crippen LogP contribution is 2.27. The highest BCUT2D eigenvalue weighted by molar-refractivity contribution is 6.31. The molecule has 0 amide bonds. The quantitative estimate of drug-likeness (QED) is 0.349. The molecular formula is C27H18ClFN4O4. The predicted molar refractivity (Wildman–Crippen MR) is 138 cm³/mol. The summed E-state index contributed by atoms with van der Waals surface area (Å²) >= 11 is 6.39. The predicted octanol–water partition coefficient (Wildman–Crippen LogP) is 4.31. The van der Waals surface area contributed by atoms with Gasteiger partial charge in [-0.05, 0) is 59.7 Å². The van der Waals surface area contributed by atoms with E-state index in [-0.39, 0.29) is 23.3 Å². The summed E-state index contributed by atoms with van der Waals surface area (Å²) in [4.78, 5) is 46.4. The van der Waals surface area contributed by atoms with Crippen LogP contribution in [0.4, 0.5) is 4.39 Å². The molecule has 8 nitrogen and oxygen atoms in total. The van der Waals surface area contributed by atoms with Crippen molar-refractivity contribution in [2.75, 3.05) is 0 Å². The van der Waals surface area contributed by atoms with Gasteiger partial charge in [-0.15, -0.1) is 0 Å². The highest BCUT2D eigenvalue weighted by Gasteiger charge is 2.15. The number of nitrogens with zero attached hydrogens (tertiary/aromatic N) is 2. The second-order valence-electron chi connectivity index (χ2n) is 8.11. The Bertz CT molecular complexity index is 1780. The van der Waals surface area contributed by atoms with Gasteiger partial charge >= 0.3 is 5.69 Å². The minimum atomic E-state index is -0.646. The third kappa shape index (κ3) is 5.26. The van der Waals surface area contributed by atoms with E-state index in [4.69, 9.17) is 16.3 Å². The molecule has 0 aliphatic carbocycles. The Hall–Kier alpha value is -4.76. The van der Waals surface area contributed by atoms with Crippen molar-refractivity contribution < 1.29 is 9.13 Å². The Kier molecular flexibility index (Phi) is 6.53. The van der Waals surface area contributed by atoms with Crippen molar-refractivity contribution in [1.82, 2.24) is 19.5 Å². The lowest BCUT2D eigenvalue weighted by Crippen LogP contribution is -2.24. The second kappa shape index (κ2) is 10.1. The number of pyridine rings is 2. The summed E-state index contributed by atoms with van der Waals surface area (Å²) in [6, 6.07) is 15.7. The summed E-state index contributed by atoms with van der Waals surface area (Å²) in [5, 5.41) is 0.356. The van der Waals surface area contributed by atoms with E-state index in [1.54, 1.807) is 54.7 Å². The lowest BCUT2D eigenvalue weighted by molar-refractivity contribution is 0.304. The first-order valence-corrected chi connectivity index (χ1v) is 11.4. The summed E-state index contributed by atoms with van der Waals surface area (Å²) < 4.78 is 20.6. The van der Waals surface area contributed by atoms with E-state index in [1.165, 1.54) is 35.3 Å². The van der Waals surface area contributed by atoms with E-state index >= 15 is 0 Å². The van der Waals surface area contributed by atoms with Gasteiger partial charge in [-0.2, -0.15) is 0 Å². The van der Waals surface area contributed by atoms with Gasteiger partial charge in [0.1, 0.15) is 18.2 Å². The van der Waals surface area contributed by atoms with Crippen molar-refractivity contribution in [3.63, 3.8) is 0 Å². The largest absolute Gasteiger partial charge is 0.489 e. The first-order chi connectivity index (χ1) is 17.9. The number of halogens is 2. The Labute approximate surface area is 213 Å². The van der Waals surface area contributed by atoms with Gasteiger partial charge in [0.15, 0.2) is 0 Å². The fourth-order valence-corrected chi connectivity index (χ4v) is 4.12. The number of aromatic nitrogens is 4. The molecule has 0 unspecified atom stereocenters. The molecule has 0 atom stereocenters. The van der Waals surface area contributed by atoms with E-state index in [9.17, 15) is 18.8 Å². The summed E-state index contributed by atoms with van der Waals surface area (Å²) in [5.74, 6) is -0.0750. The maximum Gasteiger partial charge on any atom is 0.325 e. The lowest BCUT2D eigenvalue weighted by Gasteiger charge is -2.13. The molecule has 2 N–H and O–H groups in total. The summed E-state index contributed by atoms with van der Waals surface area (Å²) in [6.45, 7) is 0.0765. The van der Waals surface area contributed by atoms with Crippen molar-refractivity contribution >= 4 is 11.6 Å². The number of hydrogen-bond acceptors (Lipinski definition) is 5. The Morgan fingerprint density at radius 2 is 1.84 bits per heavy atom. The zero-order chi connectivity index (χ0) is 25.9.